The van der Waals surface area contributed by atoms with Crippen molar-refractivity contribution in [1.29, 1.82) is 0 Å². The summed E-state index contributed by atoms with van der Waals surface area (Å²) in [7, 11) is 0. The Bertz CT molecular complexity index is 362. The number of hydrogen-bond donors (Lipinski definition) is 2. The molecule has 0 bridgehead atoms. The molecule has 1 unspecified atom stereocenters. The summed E-state index contributed by atoms with van der Waals surface area (Å²) in [5, 5.41) is 15.2. The molecule has 0 aliphatic rings. The fraction of sp³-hybridized carbons (Fsp3) is 0.500. The second kappa shape index (κ2) is 5.89. The quantitative estimate of drug-likeness (QED) is 0.641. The van der Waals surface area contributed by atoms with E-state index in [1.54, 1.807) is 16.9 Å². The molecule has 6 nitrogen and oxygen atoms in total. The van der Waals surface area contributed by atoms with Crippen LogP contribution in [-0.2, 0) is 22.6 Å². The molecular formula is C10H15N3O3. The third-order valence-electron chi connectivity index (χ3n) is 2.22. The average Bonchev–Trinajstić information content (AvgIpc) is 2.65. The van der Waals surface area contributed by atoms with Crippen LogP contribution in [0.5, 0.6) is 0 Å². The van der Waals surface area contributed by atoms with Gasteiger partial charge in [-0.1, -0.05) is 6.92 Å². The van der Waals surface area contributed by atoms with Gasteiger partial charge in [-0.25, -0.2) is 4.79 Å². The van der Waals surface area contributed by atoms with Gasteiger partial charge in [0.25, 0.3) is 0 Å². The van der Waals surface area contributed by atoms with E-state index in [2.05, 4.69) is 10.4 Å². The number of carboxylic acids is 1. The van der Waals surface area contributed by atoms with Crippen molar-refractivity contribution in [3.8, 4) is 0 Å². The van der Waals surface area contributed by atoms with E-state index < -0.39 is 12.0 Å². The maximum absolute atomic E-state index is 10.8. The second-order valence-electron chi connectivity index (χ2n) is 3.43. The predicted octanol–water partition coefficient (Wildman–Crippen LogP) is 0.0348. The third kappa shape index (κ3) is 3.08. The highest BCUT2D eigenvalue weighted by molar-refractivity contribution is 5.76. The number of hydrogen-bond acceptors (Lipinski definition) is 3. The lowest BCUT2D eigenvalue weighted by Gasteiger charge is -2.12. The molecule has 0 aliphatic heterocycles. The molecule has 0 saturated carbocycles. The van der Waals surface area contributed by atoms with Gasteiger partial charge in [0.1, 0.15) is 6.04 Å². The number of aryl methyl sites for hydroxylation is 1. The fourth-order valence-corrected chi connectivity index (χ4v) is 1.46. The van der Waals surface area contributed by atoms with E-state index in [-0.39, 0.29) is 6.42 Å². The molecule has 1 aromatic rings. The van der Waals surface area contributed by atoms with Gasteiger partial charge in [-0.05, 0) is 12.5 Å². The topological polar surface area (TPSA) is 84.2 Å². The molecule has 0 fully saturated rings. The van der Waals surface area contributed by atoms with Crippen molar-refractivity contribution in [2.24, 2.45) is 0 Å². The Labute approximate surface area is 93.3 Å². The molecule has 0 aliphatic carbocycles. The highest BCUT2D eigenvalue weighted by atomic mass is 16.4. The first-order valence-electron chi connectivity index (χ1n) is 5.12. The van der Waals surface area contributed by atoms with Crippen molar-refractivity contribution in [3.05, 3.63) is 18.0 Å². The summed E-state index contributed by atoms with van der Waals surface area (Å²) in [4.78, 5) is 21.1. The Morgan fingerprint density at radius 1 is 1.75 bits per heavy atom. The number of aromatic nitrogens is 2. The number of nitrogens with zero attached hydrogens (tertiary/aromatic N) is 2. The SMILES string of the molecule is CCCn1nccc1CC(NC=O)C(=O)O. The summed E-state index contributed by atoms with van der Waals surface area (Å²) >= 11 is 0. The lowest BCUT2D eigenvalue weighted by atomic mass is 10.1. The molecule has 16 heavy (non-hydrogen) atoms. The van der Waals surface area contributed by atoms with E-state index in [0.717, 1.165) is 18.7 Å². The minimum atomic E-state index is -1.05. The maximum Gasteiger partial charge on any atom is 0.326 e. The molecule has 1 amide bonds. The Morgan fingerprint density at radius 2 is 2.50 bits per heavy atom. The molecule has 1 rings (SSSR count). The van der Waals surface area contributed by atoms with Crippen LogP contribution in [0.15, 0.2) is 12.3 Å². The van der Waals surface area contributed by atoms with Crippen LogP contribution < -0.4 is 5.32 Å². The first-order valence-corrected chi connectivity index (χ1v) is 5.12. The number of amides is 1. The van der Waals surface area contributed by atoms with Gasteiger partial charge in [-0.15, -0.1) is 0 Å². The standard InChI is InChI=1S/C10H15N3O3/c1-2-5-13-8(3-4-12-13)6-9(10(15)16)11-7-14/h3-4,7,9H,2,5-6H2,1H3,(H,11,14)(H,15,16). The van der Waals surface area contributed by atoms with E-state index >= 15 is 0 Å². The van der Waals surface area contributed by atoms with Crippen LogP contribution in [0.3, 0.4) is 0 Å². The normalized spacial score (nSPS) is 12.1. The maximum atomic E-state index is 10.8. The van der Waals surface area contributed by atoms with Crippen molar-refractivity contribution in [2.45, 2.75) is 32.4 Å². The van der Waals surface area contributed by atoms with Crippen LogP contribution in [0.2, 0.25) is 0 Å². The van der Waals surface area contributed by atoms with Crippen LogP contribution in [0, 0.1) is 0 Å². The Kier molecular flexibility index (Phi) is 4.50. The minimum Gasteiger partial charge on any atom is -0.480 e. The van der Waals surface area contributed by atoms with E-state index in [1.807, 2.05) is 6.92 Å². The van der Waals surface area contributed by atoms with E-state index in [4.69, 9.17) is 5.11 Å². The van der Waals surface area contributed by atoms with Crippen molar-refractivity contribution >= 4 is 12.4 Å². The molecule has 0 spiro atoms. The smallest absolute Gasteiger partial charge is 0.326 e. The number of aliphatic carboxylic acids is 1. The highest BCUT2D eigenvalue weighted by Crippen LogP contribution is 2.04. The fourth-order valence-electron chi connectivity index (χ4n) is 1.46. The van der Waals surface area contributed by atoms with Gasteiger partial charge in [0.05, 0.1) is 0 Å². The Hall–Kier alpha value is -1.85. The van der Waals surface area contributed by atoms with Crippen LogP contribution in [0.1, 0.15) is 19.0 Å². The third-order valence-corrected chi connectivity index (χ3v) is 2.22. The van der Waals surface area contributed by atoms with Gasteiger partial charge >= 0.3 is 5.97 Å². The largest absolute Gasteiger partial charge is 0.480 e. The Balaban J connectivity index is 2.72. The lowest BCUT2D eigenvalue weighted by Crippen LogP contribution is -2.38. The summed E-state index contributed by atoms with van der Waals surface area (Å²) in [5.74, 6) is -1.05. The summed E-state index contributed by atoms with van der Waals surface area (Å²) in [6.07, 6.45) is 3.20. The van der Waals surface area contributed by atoms with Crippen LogP contribution in [-0.4, -0.2) is 33.3 Å². The minimum absolute atomic E-state index is 0.244. The molecule has 0 radical (unpaired) electrons. The summed E-state index contributed by atoms with van der Waals surface area (Å²) in [6, 6.07) is 0.864. The average molecular weight is 225 g/mol. The van der Waals surface area contributed by atoms with Gasteiger partial charge in [0.15, 0.2) is 0 Å². The van der Waals surface area contributed by atoms with Crippen LogP contribution in [0.4, 0.5) is 0 Å². The summed E-state index contributed by atoms with van der Waals surface area (Å²) in [6.45, 7) is 2.76. The monoisotopic (exact) mass is 225 g/mol. The number of carbonyl (C=O) groups excluding carboxylic acids is 1. The first kappa shape index (κ1) is 12.2. The molecule has 1 aromatic heterocycles. The van der Waals surface area contributed by atoms with Gasteiger partial charge in [0.2, 0.25) is 6.41 Å². The predicted molar refractivity (Wildman–Crippen MR) is 56.8 cm³/mol. The zero-order valence-electron chi connectivity index (χ0n) is 9.09. The van der Waals surface area contributed by atoms with E-state index in [9.17, 15) is 9.59 Å². The second-order valence-corrected chi connectivity index (χ2v) is 3.43. The lowest BCUT2D eigenvalue weighted by molar-refractivity contribution is -0.140. The molecule has 0 saturated heterocycles. The number of carbonyl (C=O) groups is 2. The Morgan fingerprint density at radius 3 is 3.06 bits per heavy atom. The summed E-state index contributed by atoms with van der Waals surface area (Å²) < 4.78 is 1.75. The van der Waals surface area contributed by atoms with Crippen molar-refractivity contribution in [2.75, 3.05) is 0 Å². The molecule has 1 heterocycles. The molecule has 2 N–H and O–H groups in total. The van der Waals surface area contributed by atoms with Crippen LogP contribution in [0.25, 0.3) is 0 Å². The molecule has 88 valence electrons. The van der Waals surface area contributed by atoms with Gasteiger partial charge in [0, 0.05) is 24.9 Å². The van der Waals surface area contributed by atoms with Gasteiger partial charge < -0.3 is 10.4 Å². The van der Waals surface area contributed by atoms with E-state index in [0.29, 0.717) is 6.41 Å². The molecule has 1 atom stereocenters. The zero-order valence-corrected chi connectivity index (χ0v) is 9.09. The van der Waals surface area contributed by atoms with Gasteiger partial charge in [-0.2, -0.15) is 5.10 Å². The van der Waals surface area contributed by atoms with Gasteiger partial charge in [-0.3, -0.25) is 9.48 Å². The molecule has 6 heteroatoms. The van der Waals surface area contributed by atoms with Crippen LogP contribution >= 0.6 is 0 Å². The number of rotatable bonds is 7. The van der Waals surface area contributed by atoms with Crippen molar-refractivity contribution in [1.82, 2.24) is 15.1 Å². The number of nitrogens with one attached hydrogen (secondary N) is 1. The molecular weight excluding hydrogens is 210 g/mol. The molecule has 0 aromatic carbocycles. The zero-order chi connectivity index (χ0) is 12.0. The van der Waals surface area contributed by atoms with Crippen molar-refractivity contribution < 1.29 is 14.7 Å². The highest BCUT2D eigenvalue weighted by Gasteiger charge is 2.18. The van der Waals surface area contributed by atoms with E-state index in [1.165, 1.54) is 0 Å². The van der Waals surface area contributed by atoms with Crippen molar-refractivity contribution in [3.63, 3.8) is 0 Å². The first-order chi connectivity index (χ1) is 7.69. The summed E-state index contributed by atoms with van der Waals surface area (Å²) in [5.41, 5.74) is 0.809. The number of carboxylic acid groups (broad SMARTS) is 1.